The van der Waals surface area contributed by atoms with E-state index in [2.05, 4.69) is 17.4 Å². The SMILES string of the molecule is CC(C)(C)OC(=O)C[C@H](C=O)NC(=O)OCC1c2ccccc2-c2ccccc21. The van der Waals surface area contributed by atoms with Crippen LogP contribution in [0, 0.1) is 0 Å². The molecule has 29 heavy (non-hydrogen) atoms. The first-order valence-electron chi connectivity index (χ1n) is 9.57. The van der Waals surface area contributed by atoms with Crippen LogP contribution in [0.2, 0.25) is 0 Å². The van der Waals surface area contributed by atoms with Gasteiger partial charge in [-0.3, -0.25) is 4.79 Å². The Morgan fingerprint density at radius 3 is 2.10 bits per heavy atom. The van der Waals surface area contributed by atoms with Crippen molar-refractivity contribution in [3.05, 3.63) is 59.7 Å². The van der Waals surface area contributed by atoms with Gasteiger partial charge < -0.3 is 19.6 Å². The third kappa shape index (κ3) is 5.02. The van der Waals surface area contributed by atoms with Crippen LogP contribution in [0.1, 0.15) is 44.2 Å². The highest BCUT2D eigenvalue weighted by Gasteiger charge is 2.29. The van der Waals surface area contributed by atoms with E-state index in [1.807, 2.05) is 36.4 Å². The zero-order valence-electron chi connectivity index (χ0n) is 16.8. The molecule has 0 aliphatic heterocycles. The molecule has 0 radical (unpaired) electrons. The molecule has 1 aliphatic rings. The number of benzene rings is 2. The quantitative estimate of drug-likeness (QED) is 0.594. The molecule has 1 amide bonds. The Kier molecular flexibility index (Phi) is 6.01. The van der Waals surface area contributed by atoms with E-state index in [9.17, 15) is 14.4 Å². The summed E-state index contributed by atoms with van der Waals surface area (Å²) in [6, 6.07) is 15.0. The van der Waals surface area contributed by atoms with Crippen LogP contribution in [0.25, 0.3) is 11.1 Å². The van der Waals surface area contributed by atoms with E-state index in [4.69, 9.17) is 9.47 Å². The number of aldehydes is 1. The molecule has 0 saturated heterocycles. The number of alkyl carbamates (subject to hydrolysis) is 1. The zero-order valence-corrected chi connectivity index (χ0v) is 16.8. The third-order valence-corrected chi connectivity index (χ3v) is 4.62. The average Bonchev–Trinajstić information content (AvgIpc) is 2.98. The summed E-state index contributed by atoms with van der Waals surface area (Å²) in [6.07, 6.45) is -0.483. The molecule has 2 aromatic carbocycles. The number of hydrogen-bond acceptors (Lipinski definition) is 5. The predicted octanol–water partition coefficient (Wildman–Crippen LogP) is 3.82. The van der Waals surface area contributed by atoms with E-state index >= 15 is 0 Å². The van der Waals surface area contributed by atoms with Crippen LogP contribution in [0.15, 0.2) is 48.5 Å². The van der Waals surface area contributed by atoms with E-state index in [1.54, 1.807) is 20.8 Å². The first-order chi connectivity index (χ1) is 13.8. The molecule has 152 valence electrons. The molecule has 0 fully saturated rings. The summed E-state index contributed by atoms with van der Waals surface area (Å²) >= 11 is 0. The maximum Gasteiger partial charge on any atom is 0.407 e. The highest BCUT2D eigenvalue weighted by Crippen LogP contribution is 2.44. The minimum atomic E-state index is -1.000. The number of fused-ring (bicyclic) bond motifs is 3. The largest absolute Gasteiger partial charge is 0.460 e. The minimum absolute atomic E-state index is 0.0753. The Balaban J connectivity index is 1.61. The van der Waals surface area contributed by atoms with Gasteiger partial charge in [0.1, 0.15) is 18.5 Å². The average molecular weight is 395 g/mol. The van der Waals surface area contributed by atoms with Gasteiger partial charge in [-0.25, -0.2) is 4.79 Å². The molecule has 6 nitrogen and oxygen atoms in total. The Hall–Kier alpha value is -3.15. The van der Waals surface area contributed by atoms with Crippen molar-refractivity contribution in [1.82, 2.24) is 5.32 Å². The molecule has 0 aromatic heterocycles. The maximum atomic E-state index is 12.2. The monoisotopic (exact) mass is 395 g/mol. The van der Waals surface area contributed by atoms with E-state index in [1.165, 1.54) is 0 Å². The zero-order chi connectivity index (χ0) is 21.0. The van der Waals surface area contributed by atoms with Crippen molar-refractivity contribution in [2.24, 2.45) is 0 Å². The summed E-state index contributed by atoms with van der Waals surface area (Å²) in [5.74, 6) is -0.637. The molecular weight excluding hydrogens is 370 g/mol. The maximum absolute atomic E-state index is 12.2. The van der Waals surface area contributed by atoms with Crippen LogP contribution in [-0.4, -0.2) is 36.6 Å². The van der Waals surface area contributed by atoms with Gasteiger partial charge in [0, 0.05) is 5.92 Å². The molecule has 3 rings (SSSR count). The second-order valence-corrected chi connectivity index (χ2v) is 8.00. The molecule has 0 spiro atoms. The van der Waals surface area contributed by atoms with E-state index < -0.39 is 23.7 Å². The van der Waals surface area contributed by atoms with Crippen molar-refractivity contribution in [1.29, 1.82) is 0 Å². The molecule has 6 heteroatoms. The number of carbonyl (C=O) groups excluding carboxylic acids is 3. The molecule has 1 atom stereocenters. The fraction of sp³-hybridized carbons (Fsp3) is 0.348. The lowest BCUT2D eigenvalue weighted by Crippen LogP contribution is -2.39. The molecule has 2 aromatic rings. The van der Waals surface area contributed by atoms with Gasteiger partial charge in [-0.15, -0.1) is 0 Å². The Morgan fingerprint density at radius 1 is 1.03 bits per heavy atom. The fourth-order valence-corrected chi connectivity index (χ4v) is 3.49. The summed E-state index contributed by atoms with van der Waals surface area (Å²) in [5.41, 5.74) is 3.80. The smallest absolute Gasteiger partial charge is 0.407 e. The van der Waals surface area contributed by atoms with Crippen molar-refractivity contribution in [3.63, 3.8) is 0 Å². The van der Waals surface area contributed by atoms with Crippen LogP contribution in [0.4, 0.5) is 4.79 Å². The lowest BCUT2D eigenvalue weighted by atomic mass is 9.98. The number of rotatable bonds is 6. The normalized spacial score (nSPS) is 13.8. The number of ether oxygens (including phenoxy) is 2. The standard InChI is InChI=1S/C23H25NO5/c1-23(2,3)29-21(26)12-15(13-25)24-22(27)28-14-20-18-10-6-4-8-16(18)17-9-5-7-11-19(17)20/h4-11,13,15,20H,12,14H2,1-3H3,(H,24,27)/t15-/m1/s1. The van der Waals surface area contributed by atoms with Crippen molar-refractivity contribution >= 4 is 18.3 Å². The number of carbonyl (C=O) groups is 3. The van der Waals surface area contributed by atoms with E-state index in [0.29, 0.717) is 6.29 Å². The van der Waals surface area contributed by atoms with Gasteiger partial charge in [-0.2, -0.15) is 0 Å². The Labute approximate surface area is 170 Å². The summed E-state index contributed by atoms with van der Waals surface area (Å²) < 4.78 is 10.6. The van der Waals surface area contributed by atoms with E-state index in [0.717, 1.165) is 22.3 Å². The van der Waals surface area contributed by atoms with Crippen molar-refractivity contribution in [3.8, 4) is 11.1 Å². The Bertz CT molecular complexity index is 870. The van der Waals surface area contributed by atoms with Gasteiger partial charge in [0.05, 0.1) is 12.5 Å². The second kappa shape index (κ2) is 8.47. The molecular formula is C23H25NO5. The van der Waals surface area contributed by atoms with Gasteiger partial charge in [0.2, 0.25) is 0 Å². The van der Waals surface area contributed by atoms with Gasteiger partial charge in [0.25, 0.3) is 0 Å². The molecule has 0 heterocycles. The highest BCUT2D eigenvalue weighted by molar-refractivity contribution is 5.81. The Morgan fingerprint density at radius 2 is 1.59 bits per heavy atom. The predicted molar refractivity (Wildman–Crippen MR) is 109 cm³/mol. The van der Waals surface area contributed by atoms with Crippen LogP contribution in [-0.2, 0) is 19.1 Å². The third-order valence-electron chi connectivity index (χ3n) is 4.62. The van der Waals surface area contributed by atoms with Gasteiger partial charge in [-0.1, -0.05) is 48.5 Å². The highest BCUT2D eigenvalue weighted by atomic mass is 16.6. The van der Waals surface area contributed by atoms with Gasteiger partial charge >= 0.3 is 12.1 Å². The topological polar surface area (TPSA) is 81.7 Å². The lowest BCUT2D eigenvalue weighted by Gasteiger charge is -2.21. The van der Waals surface area contributed by atoms with Crippen molar-refractivity contribution < 1.29 is 23.9 Å². The van der Waals surface area contributed by atoms with E-state index in [-0.39, 0.29) is 18.9 Å². The number of hydrogen-bond donors (Lipinski definition) is 1. The summed E-state index contributed by atoms with van der Waals surface area (Å²) in [5, 5.41) is 2.43. The lowest BCUT2D eigenvalue weighted by molar-refractivity contribution is -0.155. The fourth-order valence-electron chi connectivity index (χ4n) is 3.49. The van der Waals surface area contributed by atoms with Crippen molar-refractivity contribution in [2.45, 2.75) is 44.8 Å². The van der Waals surface area contributed by atoms with Crippen LogP contribution < -0.4 is 5.32 Å². The molecule has 1 N–H and O–H groups in total. The van der Waals surface area contributed by atoms with Crippen LogP contribution >= 0.6 is 0 Å². The van der Waals surface area contributed by atoms with Gasteiger partial charge in [-0.05, 0) is 43.0 Å². The minimum Gasteiger partial charge on any atom is -0.460 e. The second-order valence-electron chi connectivity index (χ2n) is 8.00. The number of nitrogens with one attached hydrogen (secondary N) is 1. The van der Waals surface area contributed by atoms with Crippen LogP contribution in [0.5, 0.6) is 0 Å². The number of esters is 1. The first-order valence-corrected chi connectivity index (χ1v) is 9.57. The van der Waals surface area contributed by atoms with Crippen molar-refractivity contribution in [2.75, 3.05) is 6.61 Å². The molecule has 0 unspecified atom stereocenters. The van der Waals surface area contributed by atoms with Crippen LogP contribution in [0.3, 0.4) is 0 Å². The summed E-state index contributed by atoms with van der Waals surface area (Å²) in [7, 11) is 0. The molecule has 1 aliphatic carbocycles. The number of amides is 1. The first kappa shape index (κ1) is 20.6. The summed E-state index contributed by atoms with van der Waals surface area (Å²) in [4.78, 5) is 35.3. The van der Waals surface area contributed by atoms with Gasteiger partial charge in [0.15, 0.2) is 0 Å². The summed E-state index contributed by atoms with van der Waals surface area (Å²) in [6.45, 7) is 5.34. The molecule has 0 saturated carbocycles. The molecule has 0 bridgehead atoms.